The molecule has 4 aromatic rings. The molecule has 0 radical (unpaired) electrons. The second-order valence-corrected chi connectivity index (χ2v) is 6.82. The quantitative estimate of drug-likeness (QED) is 0.373. The van der Waals surface area contributed by atoms with E-state index in [0.717, 1.165) is 22.3 Å². The van der Waals surface area contributed by atoms with E-state index in [4.69, 9.17) is 4.74 Å². The summed E-state index contributed by atoms with van der Waals surface area (Å²) in [5.74, 6) is 0. The van der Waals surface area contributed by atoms with Crippen molar-refractivity contribution in [1.29, 1.82) is 5.26 Å². The number of hydrogen-bond donors (Lipinski definition) is 0. The number of rotatable bonds is 6. The summed E-state index contributed by atoms with van der Waals surface area (Å²) >= 11 is 0. The Kier molecular flexibility index (Phi) is 5.52. The molecule has 0 heterocycles. The Balaban J connectivity index is 1.97. The minimum atomic E-state index is -0.917. The third-order valence-corrected chi connectivity index (χ3v) is 5.06. The maximum absolute atomic E-state index is 10.0. The van der Waals surface area contributed by atoms with Crippen molar-refractivity contribution in [3.8, 4) is 6.07 Å². The molecule has 0 bridgehead atoms. The number of benzene rings is 4. The van der Waals surface area contributed by atoms with E-state index in [2.05, 4.69) is 42.5 Å². The first-order valence-electron chi connectivity index (χ1n) is 9.63. The molecule has 0 N–H and O–H groups in total. The number of nitrogens with zero attached hydrogens (tertiary/aromatic N) is 1. The number of hydrogen-bond acceptors (Lipinski definition) is 2. The number of nitriles is 1. The van der Waals surface area contributed by atoms with Gasteiger partial charge in [-0.05, 0) is 22.3 Å². The summed E-state index contributed by atoms with van der Waals surface area (Å²) in [6.07, 6.45) is -0.725. The first-order valence-corrected chi connectivity index (χ1v) is 9.63. The van der Waals surface area contributed by atoms with Crippen molar-refractivity contribution in [3.05, 3.63) is 144 Å². The van der Waals surface area contributed by atoms with Gasteiger partial charge in [0.25, 0.3) is 0 Å². The lowest BCUT2D eigenvalue weighted by Crippen LogP contribution is -2.34. The van der Waals surface area contributed by atoms with Crippen LogP contribution in [0.25, 0.3) is 0 Å². The van der Waals surface area contributed by atoms with Gasteiger partial charge in [0.05, 0.1) is 6.07 Å². The van der Waals surface area contributed by atoms with Crippen LogP contribution in [0.3, 0.4) is 0 Å². The normalized spacial score (nSPS) is 12.1. The van der Waals surface area contributed by atoms with E-state index in [-0.39, 0.29) is 0 Å². The molecule has 0 spiro atoms. The highest BCUT2D eigenvalue weighted by Crippen LogP contribution is 2.43. The first-order chi connectivity index (χ1) is 14.3. The highest BCUT2D eigenvalue weighted by molar-refractivity contribution is 5.48. The molecule has 0 amide bonds. The Labute approximate surface area is 171 Å². The maximum Gasteiger partial charge on any atom is 0.171 e. The van der Waals surface area contributed by atoms with Crippen LogP contribution in [0.4, 0.5) is 0 Å². The largest absolute Gasteiger partial charge is 0.338 e. The fourth-order valence-electron chi connectivity index (χ4n) is 3.70. The van der Waals surface area contributed by atoms with Gasteiger partial charge in [-0.3, -0.25) is 0 Å². The van der Waals surface area contributed by atoms with Gasteiger partial charge in [0, 0.05) is 0 Å². The van der Waals surface area contributed by atoms with Gasteiger partial charge in [0.2, 0.25) is 0 Å². The summed E-state index contributed by atoms with van der Waals surface area (Å²) in [6.45, 7) is 0. The van der Waals surface area contributed by atoms with Crippen molar-refractivity contribution in [2.24, 2.45) is 0 Å². The smallest absolute Gasteiger partial charge is 0.171 e. The van der Waals surface area contributed by atoms with E-state index in [9.17, 15) is 5.26 Å². The molecule has 1 atom stereocenters. The second kappa shape index (κ2) is 8.56. The lowest BCUT2D eigenvalue weighted by atomic mass is 9.79. The van der Waals surface area contributed by atoms with E-state index in [1.807, 2.05) is 84.9 Å². The van der Waals surface area contributed by atoms with Gasteiger partial charge in [-0.2, -0.15) is 5.26 Å². The monoisotopic (exact) mass is 375 g/mol. The van der Waals surface area contributed by atoms with Crippen LogP contribution in [0.5, 0.6) is 0 Å². The molecule has 2 heteroatoms. The molecular weight excluding hydrogens is 354 g/mol. The van der Waals surface area contributed by atoms with Crippen molar-refractivity contribution in [3.63, 3.8) is 0 Å². The van der Waals surface area contributed by atoms with Crippen LogP contribution in [-0.2, 0) is 10.3 Å². The zero-order valence-corrected chi connectivity index (χ0v) is 16.0. The molecule has 2 nitrogen and oxygen atoms in total. The molecule has 0 aliphatic carbocycles. The van der Waals surface area contributed by atoms with E-state index < -0.39 is 11.7 Å². The SMILES string of the molecule is N#CC(OC(c1ccccc1)(c1ccccc1)c1ccccc1)c1ccccc1. The molecule has 1 unspecified atom stereocenters. The lowest BCUT2D eigenvalue weighted by Gasteiger charge is -2.37. The van der Waals surface area contributed by atoms with Crippen molar-refractivity contribution in [2.45, 2.75) is 11.7 Å². The summed E-state index contributed by atoms with van der Waals surface area (Å²) in [5, 5.41) is 10.0. The number of ether oxygens (including phenoxy) is 1. The van der Waals surface area contributed by atoms with E-state index in [0.29, 0.717) is 0 Å². The van der Waals surface area contributed by atoms with Crippen LogP contribution in [0, 0.1) is 11.3 Å². The van der Waals surface area contributed by atoms with Gasteiger partial charge in [-0.1, -0.05) is 121 Å². The topological polar surface area (TPSA) is 33.0 Å². The van der Waals surface area contributed by atoms with Crippen molar-refractivity contribution in [1.82, 2.24) is 0 Å². The fourth-order valence-corrected chi connectivity index (χ4v) is 3.70. The zero-order valence-electron chi connectivity index (χ0n) is 16.0. The molecule has 0 aromatic heterocycles. The Hall–Kier alpha value is -3.67. The lowest BCUT2D eigenvalue weighted by molar-refractivity contribution is -0.0222. The van der Waals surface area contributed by atoms with Crippen LogP contribution >= 0.6 is 0 Å². The van der Waals surface area contributed by atoms with Crippen LogP contribution in [0.1, 0.15) is 28.4 Å². The van der Waals surface area contributed by atoms with Gasteiger partial charge >= 0.3 is 0 Å². The van der Waals surface area contributed by atoms with Gasteiger partial charge < -0.3 is 4.74 Å². The zero-order chi connectivity index (χ0) is 19.9. The summed E-state index contributed by atoms with van der Waals surface area (Å²) < 4.78 is 6.77. The van der Waals surface area contributed by atoms with Crippen LogP contribution in [-0.4, -0.2) is 0 Å². The molecule has 4 aromatic carbocycles. The minimum absolute atomic E-state index is 0.725. The Morgan fingerprint density at radius 2 is 0.897 bits per heavy atom. The molecule has 0 aliphatic heterocycles. The molecule has 0 aliphatic rings. The molecule has 29 heavy (non-hydrogen) atoms. The van der Waals surface area contributed by atoms with Crippen molar-refractivity contribution in [2.75, 3.05) is 0 Å². The Morgan fingerprint density at radius 1 is 0.552 bits per heavy atom. The standard InChI is InChI=1S/C27H21NO/c28-21-26(22-13-5-1-6-14-22)29-27(23-15-7-2-8-16-23,24-17-9-3-10-18-24)25-19-11-4-12-20-25/h1-20,26H. The predicted molar refractivity (Wildman–Crippen MR) is 115 cm³/mol. The van der Waals surface area contributed by atoms with E-state index in [1.165, 1.54) is 0 Å². The highest BCUT2D eigenvalue weighted by Gasteiger charge is 2.40. The van der Waals surface area contributed by atoms with Crippen LogP contribution in [0.15, 0.2) is 121 Å². The summed E-state index contributed by atoms with van der Waals surface area (Å²) in [7, 11) is 0. The second-order valence-electron chi connectivity index (χ2n) is 6.82. The van der Waals surface area contributed by atoms with Gasteiger partial charge in [0.1, 0.15) is 5.60 Å². The molecule has 0 saturated heterocycles. The van der Waals surface area contributed by atoms with E-state index in [1.54, 1.807) is 0 Å². The minimum Gasteiger partial charge on any atom is -0.338 e. The molecule has 4 rings (SSSR count). The van der Waals surface area contributed by atoms with Gasteiger partial charge in [-0.15, -0.1) is 0 Å². The van der Waals surface area contributed by atoms with Crippen LogP contribution in [0.2, 0.25) is 0 Å². The third kappa shape index (κ3) is 3.69. The van der Waals surface area contributed by atoms with Gasteiger partial charge in [0.15, 0.2) is 6.10 Å². The molecule has 0 fully saturated rings. The highest BCUT2D eigenvalue weighted by atomic mass is 16.5. The fraction of sp³-hybridized carbons (Fsp3) is 0.0741. The Bertz CT molecular complexity index is 974. The van der Waals surface area contributed by atoms with E-state index >= 15 is 0 Å². The molecular formula is C27H21NO. The average Bonchev–Trinajstić information content (AvgIpc) is 2.82. The Morgan fingerprint density at radius 3 is 1.24 bits per heavy atom. The van der Waals surface area contributed by atoms with Crippen molar-refractivity contribution >= 4 is 0 Å². The predicted octanol–water partition coefficient (Wildman–Crippen LogP) is 6.26. The molecule has 0 saturated carbocycles. The van der Waals surface area contributed by atoms with Crippen molar-refractivity contribution < 1.29 is 4.74 Å². The summed E-state index contributed by atoms with van der Waals surface area (Å²) in [6, 6.07) is 42.3. The average molecular weight is 375 g/mol. The van der Waals surface area contributed by atoms with Gasteiger partial charge in [-0.25, -0.2) is 0 Å². The molecule has 140 valence electrons. The first kappa shape index (κ1) is 18.7. The summed E-state index contributed by atoms with van der Waals surface area (Å²) in [4.78, 5) is 0. The van der Waals surface area contributed by atoms with Crippen LogP contribution < -0.4 is 0 Å². The summed E-state index contributed by atoms with van der Waals surface area (Å²) in [5.41, 5.74) is 2.86. The maximum atomic E-state index is 10.0. The third-order valence-electron chi connectivity index (χ3n) is 5.06.